The number of benzene rings is 5. The van der Waals surface area contributed by atoms with Gasteiger partial charge < -0.3 is 25.2 Å². The third-order valence-corrected chi connectivity index (χ3v) is 6.89. The second-order valence-corrected chi connectivity index (χ2v) is 10.3. The topological polar surface area (TPSA) is 183 Å². The van der Waals surface area contributed by atoms with Gasteiger partial charge in [-0.15, -0.1) is 0 Å². The van der Waals surface area contributed by atoms with Crippen molar-refractivity contribution in [1.29, 1.82) is 0 Å². The smallest absolute Gasteiger partial charge is 0.273 e. The number of hydrogen-bond donors (Lipinski definition) is 3. The molecule has 0 fully saturated rings. The van der Waals surface area contributed by atoms with Gasteiger partial charge in [-0.3, -0.25) is 29.8 Å². The first-order valence-corrected chi connectivity index (χ1v) is 14.0. The second-order valence-electron chi connectivity index (χ2n) is 10.3. The fraction of sp³-hybridized carbons (Fsp3) is 0.0588. The lowest BCUT2D eigenvalue weighted by Gasteiger charge is -2.11. The van der Waals surface area contributed by atoms with Crippen molar-refractivity contribution >= 4 is 34.6 Å². The van der Waals surface area contributed by atoms with Crippen molar-refractivity contribution < 1.29 is 34.0 Å². The van der Waals surface area contributed by atoms with Crippen LogP contribution in [0.2, 0.25) is 0 Å². The van der Waals surface area contributed by atoms with Gasteiger partial charge in [-0.25, -0.2) is 0 Å². The van der Waals surface area contributed by atoms with E-state index < -0.39 is 21.7 Å². The maximum atomic E-state index is 13.0. The van der Waals surface area contributed by atoms with Crippen LogP contribution in [0.3, 0.4) is 0 Å². The first kappa shape index (κ1) is 31.7. The summed E-state index contributed by atoms with van der Waals surface area (Å²) in [6.07, 6.45) is 0. The Bertz CT molecular complexity index is 1870. The lowest BCUT2D eigenvalue weighted by atomic mass is 10.1. The number of phenolic OH excluding ortho intramolecular Hbond substituents is 1. The van der Waals surface area contributed by atoms with Gasteiger partial charge in [0.25, 0.3) is 23.2 Å². The minimum Gasteiger partial charge on any atom is -0.508 e. The van der Waals surface area contributed by atoms with Crippen molar-refractivity contribution in [2.75, 3.05) is 10.6 Å². The maximum absolute atomic E-state index is 13.0. The molecule has 236 valence electrons. The Kier molecular flexibility index (Phi) is 9.08. The number of nitrogens with zero attached hydrogens (tertiary/aromatic N) is 2. The maximum Gasteiger partial charge on any atom is 0.273 e. The number of ether oxygens (including phenoxy) is 2. The van der Waals surface area contributed by atoms with Crippen molar-refractivity contribution in [2.45, 2.75) is 13.8 Å². The molecule has 5 rings (SSSR count). The summed E-state index contributed by atoms with van der Waals surface area (Å²) in [7, 11) is 0. The molecule has 0 aliphatic carbocycles. The van der Waals surface area contributed by atoms with E-state index in [0.717, 1.165) is 0 Å². The zero-order valence-electron chi connectivity index (χ0n) is 24.9. The van der Waals surface area contributed by atoms with Crippen LogP contribution < -0.4 is 20.1 Å². The van der Waals surface area contributed by atoms with Gasteiger partial charge in [0, 0.05) is 34.6 Å². The van der Waals surface area contributed by atoms with E-state index in [4.69, 9.17) is 9.47 Å². The summed E-state index contributed by atoms with van der Waals surface area (Å²) in [6, 6.07) is 25.0. The number of rotatable bonds is 10. The van der Waals surface area contributed by atoms with Crippen LogP contribution in [0.5, 0.6) is 28.7 Å². The Hall–Kier alpha value is -6.76. The number of phenols is 1. The van der Waals surface area contributed by atoms with E-state index in [2.05, 4.69) is 10.6 Å². The van der Waals surface area contributed by atoms with Gasteiger partial charge in [0.15, 0.2) is 0 Å². The summed E-state index contributed by atoms with van der Waals surface area (Å²) in [4.78, 5) is 47.1. The van der Waals surface area contributed by atoms with E-state index in [9.17, 15) is 34.9 Å². The molecule has 3 N–H and O–H groups in total. The molecule has 0 aromatic heterocycles. The molecule has 0 radical (unpaired) electrons. The molecule has 0 heterocycles. The van der Waals surface area contributed by atoms with Crippen LogP contribution in [0.1, 0.15) is 31.8 Å². The van der Waals surface area contributed by atoms with Gasteiger partial charge in [0.1, 0.15) is 28.7 Å². The number of aromatic hydroxyl groups is 1. The molecular weight excluding hydrogens is 608 g/mol. The quantitative estimate of drug-likeness (QED) is 0.101. The molecule has 5 aromatic carbocycles. The lowest BCUT2D eigenvalue weighted by molar-refractivity contribution is -0.385. The SMILES string of the molecule is Cc1ccc([N+](=O)[O-])cc1Oc1ccc(NC(=O)c2cc(O)cc(C(=O)Nc3ccc(Oc4cc([N+](=O)[O-])ccc4C)cc3)c2)cc1. The largest absolute Gasteiger partial charge is 0.508 e. The Labute approximate surface area is 267 Å². The lowest BCUT2D eigenvalue weighted by Crippen LogP contribution is -2.15. The number of anilines is 2. The van der Waals surface area contributed by atoms with Crippen molar-refractivity contribution in [2.24, 2.45) is 0 Å². The summed E-state index contributed by atoms with van der Waals surface area (Å²) >= 11 is 0. The number of carbonyl (C=O) groups is 2. The Morgan fingerprint density at radius 3 is 1.34 bits per heavy atom. The van der Waals surface area contributed by atoms with Crippen LogP contribution in [-0.4, -0.2) is 26.8 Å². The molecule has 0 bridgehead atoms. The Morgan fingerprint density at radius 1 is 0.596 bits per heavy atom. The van der Waals surface area contributed by atoms with E-state index in [0.29, 0.717) is 45.5 Å². The Morgan fingerprint density at radius 2 is 0.979 bits per heavy atom. The molecule has 0 atom stereocenters. The predicted octanol–water partition coefficient (Wildman–Crippen LogP) is 7.91. The van der Waals surface area contributed by atoms with Crippen LogP contribution in [0.4, 0.5) is 22.7 Å². The third kappa shape index (κ3) is 7.85. The van der Waals surface area contributed by atoms with Gasteiger partial charge in [0.2, 0.25) is 0 Å². The van der Waals surface area contributed by atoms with E-state index in [1.165, 1.54) is 42.5 Å². The van der Waals surface area contributed by atoms with Gasteiger partial charge >= 0.3 is 0 Å². The number of amides is 2. The molecule has 13 heteroatoms. The van der Waals surface area contributed by atoms with Gasteiger partial charge in [0.05, 0.1) is 22.0 Å². The fourth-order valence-corrected chi connectivity index (χ4v) is 4.37. The van der Waals surface area contributed by atoms with Crippen molar-refractivity contribution in [1.82, 2.24) is 0 Å². The van der Waals surface area contributed by atoms with E-state index in [1.807, 2.05) is 0 Å². The van der Waals surface area contributed by atoms with Crippen LogP contribution in [0.15, 0.2) is 103 Å². The average Bonchev–Trinajstić information content (AvgIpc) is 3.04. The minimum atomic E-state index is -0.587. The number of hydrogen-bond acceptors (Lipinski definition) is 9. The number of non-ortho nitro benzene ring substituents is 2. The highest BCUT2D eigenvalue weighted by molar-refractivity contribution is 6.09. The molecular formula is C34H26N4O9. The number of aryl methyl sites for hydroxylation is 2. The summed E-state index contributed by atoms with van der Waals surface area (Å²) in [5.41, 5.74) is 2.05. The first-order valence-electron chi connectivity index (χ1n) is 14.0. The third-order valence-electron chi connectivity index (χ3n) is 6.89. The predicted molar refractivity (Wildman–Crippen MR) is 173 cm³/mol. The van der Waals surface area contributed by atoms with Gasteiger partial charge in [-0.2, -0.15) is 0 Å². The van der Waals surface area contributed by atoms with Crippen molar-refractivity contribution in [3.63, 3.8) is 0 Å². The highest BCUT2D eigenvalue weighted by Crippen LogP contribution is 2.31. The number of nitro benzene ring substituents is 2. The monoisotopic (exact) mass is 634 g/mol. The van der Waals surface area contributed by atoms with E-state index >= 15 is 0 Å². The van der Waals surface area contributed by atoms with E-state index in [-0.39, 0.29) is 28.3 Å². The van der Waals surface area contributed by atoms with Crippen LogP contribution in [0, 0.1) is 34.1 Å². The molecule has 13 nitrogen and oxygen atoms in total. The van der Waals surface area contributed by atoms with Crippen molar-refractivity contribution in [3.8, 4) is 28.7 Å². The minimum absolute atomic E-state index is 0.0266. The highest BCUT2D eigenvalue weighted by Gasteiger charge is 2.16. The zero-order valence-corrected chi connectivity index (χ0v) is 24.9. The van der Waals surface area contributed by atoms with E-state index in [1.54, 1.807) is 74.5 Å². The first-order chi connectivity index (χ1) is 22.4. The highest BCUT2D eigenvalue weighted by atomic mass is 16.6. The molecule has 0 saturated carbocycles. The normalized spacial score (nSPS) is 10.5. The van der Waals surface area contributed by atoms with Gasteiger partial charge in [-0.1, -0.05) is 0 Å². The van der Waals surface area contributed by atoms with Gasteiger partial charge in [-0.05, 0) is 104 Å². The summed E-state index contributed by atoms with van der Waals surface area (Å²) in [5, 5.41) is 37.8. The molecule has 0 spiro atoms. The second kappa shape index (κ2) is 13.5. The molecule has 0 aliphatic rings. The Balaban J connectivity index is 1.22. The fourth-order valence-electron chi connectivity index (χ4n) is 4.37. The standard InChI is InChI=1S/C34H26N4O9/c1-20-3-9-26(37(42)43)18-31(20)46-29-11-5-24(6-12-29)35-33(40)22-15-23(17-28(39)16-22)34(41)36-25-7-13-30(14-8-25)47-32-19-27(38(44)45)10-4-21(32)2/h3-19,39H,1-2H3,(H,35,40)(H,36,41). The molecule has 47 heavy (non-hydrogen) atoms. The molecule has 0 saturated heterocycles. The number of carbonyl (C=O) groups excluding carboxylic acids is 2. The molecule has 0 unspecified atom stereocenters. The van der Waals surface area contributed by atoms with Crippen LogP contribution >= 0.6 is 0 Å². The van der Waals surface area contributed by atoms with Crippen molar-refractivity contribution in [3.05, 3.63) is 146 Å². The number of nitro groups is 2. The molecule has 2 amide bonds. The summed E-state index contributed by atoms with van der Waals surface area (Å²) < 4.78 is 11.6. The summed E-state index contributed by atoms with van der Waals surface area (Å²) in [6.45, 7) is 3.52. The number of nitrogens with one attached hydrogen (secondary N) is 2. The molecule has 0 aliphatic heterocycles. The zero-order chi connectivity index (χ0) is 33.7. The molecule has 5 aromatic rings. The average molecular weight is 635 g/mol. The summed E-state index contributed by atoms with van der Waals surface area (Å²) in [5.74, 6) is -0.0479. The van der Waals surface area contributed by atoms with Crippen LogP contribution in [0.25, 0.3) is 0 Å². The van der Waals surface area contributed by atoms with Crippen LogP contribution in [-0.2, 0) is 0 Å².